The number of piperazine rings is 1. The molecule has 2 aromatic heterocycles. The van der Waals surface area contributed by atoms with Gasteiger partial charge in [0.1, 0.15) is 0 Å². The van der Waals surface area contributed by atoms with Crippen molar-refractivity contribution in [3.05, 3.63) is 71.2 Å². The van der Waals surface area contributed by atoms with Gasteiger partial charge < -0.3 is 20.6 Å². The summed E-state index contributed by atoms with van der Waals surface area (Å²) in [6, 6.07) is 11.1. The molecule has 0 radical (unpaired) electrons. The summed E-state index contributed by atoms with van der Waals surface area (Å²) in [4.78, 5) is 23.8. The summed E-state index contributed by atoms with van der Waals surface area (Å²) in [6.45, 7) is 11.8. The third kappa shape index (κ3) is 4.55. The molecule has 36 heavy (non-hydrogen) atoms. The van der Waals surface area contributed by atoms with E-state index in [1.54, 1.807) is 28.4 Å². The van der Waals surface area contributed by atoms with Crippen LogP contribution in [0.15, 0.2) is 60.0 Å². The molecular weight excluding hydrogens is 458 g/mol. The zero-order valence-electron chi connectivity index (χ0n) is 20.5. The summed E-state index contributed by atoms with van der Waals surface area (Å²) in [5.74, 6) is 1.34. The van der Waals surface area contributed by atoms with Gasteiger partial charge in [-0.05, 0) is 38.1 Å². The molecule has 1 atom stereocenters. The molecule has 2 aliphatic rings. The molecule has 1 saturated heterocycles. The zero-order valence-corrected chi connectivity index (χ0v) is 20.5. The average Bonchev–Trinajstić information content (AvgIpc) is 3.16. The Balaban J connectivity index is 1.49. The Hall–Kier alpha value is -3.80. The Morgan fingerprint density at radius 2 is 2.06 bits per heavy atom. The van der Waals surface area contributed by atoms with E-state index >= 15 is 0 Å². The van der Waals surface area contributed by atoms with Gasteiger partial charge in [0.15, 0.2) is 17.9 Å². The summed E-state index contributed by atoms with van der Waals surface area (Å²) < 4.78 is 1.41. The van der Waals surface area contributed by atoms with Gasteiger partial charge in [-0.3, -0.25) is 4.79 Å². The number of nitrogens with one attached hydrogen (secondary N) is 2. The van der Waals surface area contributed by atoms with Crippen molar-refractivity contribution in [3.63, 3.8) is 0 Å². The highest BCUT2D eigenvalue weighted by Gasteiger charge is 2.38. The third-order valence-corrected chi connectivity index (χ3v) is 6.23. The first kappa shape index (κ1) is 23.9. The monoisotopic (exact) mass is 489 g/mol. The molecule has 0 spiro atoms. The number of hydrogen-bond acceptors (Lipinski definition) is 10. The van der Waals surface area contributed by atoms with Gasteiger partial charge in [-0.2, -0.15) is 9.99 Å². The van der Waals surface area contributed by atoms with Gasteiger partial charge in [-0.15, -0.1) is 11.7 Å². The van der Waals surface area contributed by atoms with Crippen LogP contribution in [0.4, 0.5) is 29.0 Å². The first-order valence-electron chi connectivity index (χ1n) is 12.1. The number of anilines is 5. The standard InChI is InChI=1S/C25H31N9O2/c1-4-12-32-24(36)20-16-27-25(28-18-6-5-7-19(15-18)31-13-10-26-11-14-31)29-23(20)34(32)21-8-9-22(35)33(30-21)17(2)3/h4-9,15-17,24,26,36H,1,10-14H2,2-3H3,(H,27,28,29). The van der Waals surface area contributed by atoms with Crippen LogP contribution in [0.1, 0.15) is 31.7 Å². The van der Waals surface area contributed by atoms with Crippen molar-refractivity contribution in [2.45, 2.75) is 26.1 Å². The van der Waals surface area contributed by atoms with Crippen LogP contribution in [-0.4, -0.2) is 62.6 Å². The van der Waals surface area contributed by atoms with E-state index in [0.717, 1.165) is 37.6 Å². The largest absolute Gasteiger partial charge is 0.372 e. The van der Waals surface area contributed by atoms with E-state index in [1.807, 2.05) is 26.0 Å². The molecule has 0 bridgehead atoms. The van der Waals surface area contributed by atoms with Gasteiger partial charge >= 0.3 is 0 Å². The van der Waals surface area contributed by atoms with Crippen LogP contribution in [0, 0.1) is 0 Å². The van der Waals surface area contributed by atoms with Crippen molar-refractivity contribution < 1.29 is 5.11 Å². The van der Waals surface area contributed by atoms with Crippen molar-refractivity contribution in [1.29, 1.82) is 0 Å². The predicted molar refractivity (Wildman–Crippen MR) is 140 cm³/mol. The van der Waals surface area contributed by atoms with Crippen LogP contribution in [-0.2, 0) is 0 Å². The van der Waals surface area contributed by atoms with Crippen LogP contribution < -0.4 is 26.1 Å². The van der Waals surface area contributed by atoms with Gasteiger partial charge in [0.2, 0.25) is 5.95 Å². The van der Waals surface area contributed by atoms with Gasteiger partial charge in [0.25, 0.3) is 5.56 Å². The lowest BCUT2D eigenvalue weighted by Crippen LogP contribution is -2.43. The highest BCUT2D eigenvalue weighted by molar-refractivity contribution is 5.66. The zero-order chi connectivity index (χ0) is 25.2. The van der Waals surface area contributed by atoms with Crippen LogP contribution >= 0.6 is 0 Å². The van der Waals surface area contributed by atoms with Crippen LogP contribution in [0.2, 0.25) is 0 Å². The number of nitrogens with zero attached hydrogens (tertiary/aromatic N) is 7. The maximum atomic E-state index is 12.3. The summed E-state index contributed by atoms with van der Waals surface area (Å²) >= 11 is 0. The lowest BCUT2D eigenvalue weighted by Gasteiger charge is -2.30. The van der Waals surface area contributed by atoms with Crippen molar-refractivity contribution >= 4 is 29.0 Å². The number of benzene rings is 1. The fraction of sp³-hybridized carbons (Fsp3) is 0.360. The Morgan fingerprint density at radius 3 is 2.81 bits per heavy atom. The fourth-order valence-corrected chi connectivity index (χ4v) is 4.47. The van der Waals surface area contributed by atoms with Crippen molar-refractivity contribution in [1.82, 2.24) is 30.1 Å². The molecule has 11 heteroatoms. The van der Waals surface area contributed by atoms with E-state index in [0.29, 0.717) is 29.7 Å². The SMILES string of the molecule is C=CCN1C(O)c2cnc(Nc3cccc(N4CCNCC4)c3)nc2N1c1ccc(=O)n(C(C)C)n1. The molecule has 2 aliphatic heterocycles. The number of aliphatic hydroxyl groups excluding tert-OH is 1. The molecule has 188 valence electrons. The summed E-state index contributed by atoms with van der Waals surface area (Å²) in [5, 5.41) is 25.6. The highest BCUT2D eigenvalue weighted by atomic mass is 16.3. The first-order valence-corrected chi connectivity index (χ1v) is 12.1. The third-order valence-electron chi connectivity index (χ3n) is 6.23. The van der Waals surface area contributed by atoms with Crippen molar-refractivity contribution in [2.75, 3.05) is 47.9 Å². The predicted octanol–water partition coefficient (Wildman–Crippen LogP) is 2.31. The second-order valence-corrected chi connectivity index (χ2v) is 9.05. The molecule has 5 rings (SSSR count). The fourth-order valence-electron chi connectivity index (χ4n) is 4.47. The van der Waals surface area contributed by atoms with E-state index in [1.165, 1.54) is 10.7 Å². The minimum Gasteiger partial charge on any atom is -0.372 e. The molecule has 11 nitrogen and oxygen atoms in total. The molecule has 3 aromatic rings. The van der Waals surface area contributed by atoms with E-state index in [4.69, 9.17) is 4.98 Å². The molecule has 3 N–H and O–H groups in total. The van der Waals surface area contributed by atoms with E-state index in [-0.39, 0.29) is 11.6 Å². The number of aliphatic hydroxyl groups is 1. The van der Waals surface area contributed by atoms with E-state index in [9.17, 15) is 9.90 Å². The summed E-state index contributed by atoms with van der Waals surface area (Å²) in [7, 11) is 0. The van der Waals surface area contributed by atoms with Gasteiger partial charge in [-0.25, -0.2) is 14.7 Å². The van der Waals surface area contributed by atoms with Gasteiger partial charge in [0, 0.05) is 56.4 Å². The normalized spacial score (nSPS) is 17.9. The first-order chi connectivity index (χ1) is 17.5. The van der Waals surface area contributed by atoms with Gasteiger partial charge in [-0.1, -0.05) is 12.1 Å². The Bertz CT molecular complexity index is 1300. The smallest absolute Gasteiger partial charge is 0.267 e. The lowest BCUT2D eigenvalue weighted by atomic mass is 10.2. The van der Waals surface area contributed by atoms with Crippen LogP contribution in [0.25, 0.3) is 0 Å². The molecule has 1 fully saturated rings. The second-order valence-electron chi connectivity index (χ2n) is 9.05. The number of rotatable bonds is 7. The van der Waals surface area contributed by atoms with E-state index in [2.05, 4.69) is 44.3 Å². The Labute approximate surface area is 209 Å². The Kier molecular flexibility index (Phi) is 6.68. The number of hydrazine groups is 1. The minimum absolute atomic E-state index is 0.122. The topological polar surface area (TPSA) is 115 Å². The molecule has 0 aliphatic carbocycles. The van der Waals surface area contributed by atoms with Crippen LogP contribution in [0.5, 0.6) is 0 Å². The maximum absolute atomic E-state index is 12.3. The average molecular weight is 490 g/mol. The van der Waals surface area contributed by atoms with Crippen molar-refractivity contribution in [3.8, 4) is 0 Å². The number of hydrogen-bond donors (Lipinski definition) is 3. The number of fused-ring (bicyclic) bond motifs is 1. The molecule has 4 heterocycles. The molecule has 1 unspecified atom stereocenters. The Morgan fingerprint density at radius 1 is 1.25 bits per heavy atom. The molecule has 1 aromatic carbocycles. The van der Waals surface area contributed by atoms with E-state index < -0.39 is 6.23 Å². The van der Waals surface area contributed by atoms with Crippen molar-refractivity contribution in [2.24, 2.45) is 0 Å². The lowest BCUT2D eigenvalue weighted by molar-refractivity contribution is 0.0244. The summed E-state index contributed by atoms with van der Waals surface area (Å²) in [6.07, 6.45) is 2.32. The second kappa shape index (κ2) is 10.1. The highest BCUT2D eigenvalue weighted by Crippen LogP contribution is 2.41. The quantitative estimate of drug-likeness (QED) is 0.427. The molecule has 0 amide bonds. The van der Waals surface area contributed by atoms with Gasteiger partial charge in [0.05, 0.1) is 11.6 Å². The number of aromatic nitrogens is 4. The maximum Gasteiger partial charge on any atom is 0.267 e. The molecule has 0 saturated carbocycles. The van der Waals surface area contributed by atoms with Crippen LogP contribution in [0.3, 0.4) is 0 Å². The minimum atomic E-state index is -0.982. The molecular formula is C25H31N9O2. The summed E-state index contributed by atoms with van der Waals surface area (Å²) in [5.41, 5.74) is 2.35.